The summed E-state index contributed by atoms with van der Waals surface area (Å²) in [5.74, 6) is 0.645. The number of hydrogen-bond donors (Lipinski definition) is 2. The fourth-order valence-corrected chi connectivity index (χ4v) is 2.85. The quantitative estimate of drug-likeness (QED) is 0.552. The highest BCUT2D eigenvalue weighted by Gasteiger charge is 2.14. The SMILES string of the molecule is Cc1nc2ccc(NCc3ccc(F)cc3)nn2c1NC(=O)c1ccccc1. The van der Waals surface area contributed by atoms with Crippen LogP contribution in [0.3, 0.4) is 0 Å². The summed E-state index contributed by atoms with van der Waals surface area (Å²) in [6.07, 6.45) is 0. The molecule has 0 bridgehead atoms. The molecule has 0 fully saturated rings. The molecule has 0 spiro atoms. The second-order valence-electron chi connectivity index (χ2n) is 6.33. The van der Waals surface area contributed by atoms with E-state index in [0.717, 1.165) is 5.56 Å². The maximum absolute atomic E-state index is 13.0. The van der Waals surface area contributed by atoms with Crippen LogP contribution < -0.4 is 10.6 Å². The van der Waals surface area contributed by atoms with Crippen molar-refractivity contribution in [3.05, 3.63) is 89.4 Å². The van der Waals surface area contributed by atoms with Gasteiger partial charge >= 0.3 is 0 Å². The fraction of sp³-hybridized carbons (Fsp3) is 0.0952. The Kier molecular flexibility index (Phi) is 4.72. The Morgan fingerprint density at radius 2 is 1.79 bits per heavy atom. The predicted molar refractivity (Wildman–Crippen MR) is 106 cm³/mol. The largest absolute Gasteiger partial charge is 0.365 e. The number of aryl methyl sites for hydroxylation is 1. The maximum Gasteiger partial charge on any atom is 0.256 e. The van der Waals surface area contributed by atoms with Crippen LogP contribution in [0.1, 0.15) is 21.6 Å². The van der Waals surface area contributed by atoms with Gasteiger partial charge in [0.1, 0.15) is 11.6 Å². The van der Waals surface area contributed by atoms with Crippen molar-refractivity contribution in [3.63, 3.8) is 0 Å². The first-order valence-corrected chi connectivity index (χ1v) is 8.81. The van der Waals surface area contributed by atoms with Crippen molar-refractivity contribution in [2.45, 2.75) is 13.5 Å². The molecule has 2 N–H and O–H groups in total. The number of nitrogens with zero attached hydrogens (tertiary/aromatic N) is 3. The topological polar surface area (TPSA) is 71.3 Å². The number of halogens is 1. The van der Waals surface area contributed by atoms with Gasteiger partial charge in [-0.3, -0.25) is 4.79 Å². The van der Waals surface area contributed by atoms with Crippen LogP contribution in [0.25, 0.3) is 5.65 Å². The number of carbonyl (C=O) groups is 1. The standard InChI is InChI=1S/C21H18FN5O/c1-14-20(25-21(28)16-5-3-2-4-6-16)27-19(24-14)12-11-18(26-27)23-13-15-7-9-17(22)10-8-15/h2-12H,13H2,1H3,(H,23,26)(H,25,28). The van der Waals surface area contributed by atoms with E-state index in [9.17, 15) is 9.18 Å². The Labute approximate surface area is 161 Å². The first-order valence-electron chi connectivity index (χ1n) is 8.81. The number of fused-ring (bicyclic) bond motifs is 1. The molecule has 1 amide bonds. The van der Waals surface area contributed by atoms with Gasteiger partial charge in [0.25, 0.3) is 5.91 Å². The number of rotatable bonds is 5. The number of carbonyl (C=O) groups excluding carboxylic acids is 1. The minimum Gasteiger partial charge on any atom is -0.365 e. The molecule has 0 radical (unpaired) electrons. The van der Waals surface area contributed by atoms with Gasteiger partial charge in [-0.15, -0.1) is 5.10 Å². The highest BCUT2D eigenvalue weighted by molar-refractivity contribution is 6.04. The van der Waals surface area contributed by atoms with Crippen LogP contribution >= 0.6 is 0 Å². The molecule has 4 aromatic rings. The summed E-state index contributed by atoms with van der Waals surface area (Å²) in [5, 5.41) is 10.6. The third-order valence-corrected chi connectivity index (χ3v) is 4.31. The average Bonchev–Trinajstić information content (AvgIpc) is 3.03. The molecule has 140 valence electrons. The van der Waals surface area contributed by atoms with Crippen molar-refractivity contribution < 1.29 is 9.18 Å². The molecule has 2 heterocycles. The smallest absolute Gasteiger partial charge is 0.256 e. The first kappa shape index (κ1) is 17.7. The van der Waals surface area contributed by atoms with E-state index in [0.29, 0.717) is 35.1 Å². The highest BCUT2D eigenvalue weighted by atomic mass is 19.1. The van der Waals surface area contributed by atoms with Crippen molar-refractivity contribution >= 4 is 23.2 Å². The molecule has 0 saturated heterocycles. The number of imidazole rings is 1. The number of benzene rings is 2. The van der Waals surface area contributed by atoms with E-state index in [-0.39, 0.29) is 11.7 Å². The summed E-state index contributed by atoms with van der Waals surface area (Å²) in [6, 6.07) is 18.9. The van der Waals surface area contributed by atoms with E-state index >= 15 is 0 Å². The van der Waals surface area contributed by atoms with Crippen LogP contribution in [-0.4, -0.2) is 20.5 Å². The third-order valence-electron chi connectivity index (χ3n) is 4.31. The Balaban J connectivity index is 1.57. The number of hydrogen-bond acceptors (Lipinski definition) is 4. The summed E-state index contributed by atoms with van der Waals surface area (Å²) < 4.78 is 14.6. The first-order chi connectivity index (χ1) is 13.6. The minimum atomic E-state index is -0.268. The lowest BCUT2D eigenvalue weighted by atomic mass is 10.2. The second kappa shape index (κ2) is 7.48. The van der Waals surface area contributed by atoms with Crippen molar-refractivity contribution in [1.29, 1.82) is 0 Å². The van der Waals surface area contributed by atoms with Gasteiger partial charge in [0.2, 0.25) is 0 Å². The zero-order valence-corrected chi connectivity index (χ0v) is 15.2. The lowest BCUT2D eigenvalue weighted by molar-refractivity contribution is 0.102. The molecule has 0 aliphatic heterocycles. The maximum atomic E-state index is 13.0. The summed E-state index contributed by atoms with van der Waals surface area (Å²) in [7, 11) is 0. The molecule has 28 heavy (non-hydrogen) atoms. The normalized spacial score (nSPS) is 10.8. The zero-order valence-electron chi connectivity index (χ0n) is 15.2. The monoisotopic (exact) mass is 375 g/mol. The van der Waals surface area contributed by atoms with E-state index in [4.69, 9.17) is 0 Å². The second-order valence-corrected chi connectivity index (χ2v) is 6.33. The van der Waals surface area contributed by atoms with E-state index in [1.807, 2.05) is 37.3 Å². The molecule has 0 atom stereocenters. The Morgan fingerprint density at radius 3 is 2.54 bits per heavy atom. The van der Waals surface area contributed by atoms with Gasteiger partial charge < -0.3 is 10.6 Å². The molecular formula is C21H18FN5O. The Morgan fingerprint density at radius 1 is 1.04 bits per heavy atom. The molecule has 4 rings (SSSR count). The van der Waals surface area contributed by atoms with Gasteiger partial charge in [-0.2, -0.15) is 4.52 Å². The predicted octanol–water partition coefficient (Wildman–Crippen LogP) is 4.04. The molecular weight excluding hydrogens is 357 g/mol. The lowest BCUT2D eigenvalue weighted by Gasteiger charge is -2.08. The number of aromatic nitrogens is 3. The van der Waals surface area contributed by atoms with Gasteiger partial charge in [0, 0.05) is 12.1 Å². The van der Waals surface area contributed by atoms with Crippen molar-refractivity contribution in [3.8, 4) is 0 Å². The van der Waals surface area contributed by atoms with Gasteiger partial charge in [0.05, 0.1) is 5.69 Å². The molecule has 0 saturated carbocycles. The van der Waals surface area contributed by atoms with E-state index in [2.05, 4.69) is 20.7 Å². The number of anilines is 2. The summed E-state index contributed by atoms with van der Waals surface area (Å²) in [4.78, 5) is 17.0. The lowest BCUT2D eigenvalue weighted by Crippen LogP contribution is -2.15. The van der Waals surface area contributed by atoms with E-state index < -0.39 is 0 Å². The van der Waals surface area contributed by atoms with Crippen LogP contribution in [0, 0.1) is 12.7 Å². The number of amides is 1. The van der Waals surface area contributed by atoms with Gasteiger partial charge in [-0.25, -0.2) is 9.37 Å². The summed E-state index contributed by atoms with van der Waals surface area (Å²) in [5.41, 5.74) is 2.80. The molecule has 6 nitrogen and oxygen atoms in total. The van der Waals surface area contributed by atoms with Crippen LogP contribution in [0.5, 0.6) is 0 Å². The van der Waals surface area contributed by atoms with Crippen LogP contribution in [-0.2, 0) is 6.54 Å². The average molecular weight is 375 g/mol. The molecule has 0 aliphatic rings. The zero-order chi connectivity index (χ0) is 19.5. The van der Waals surface area contributed by atoms with Gasteiger partial charge in [-0.1, -0.05) is 30.3 Å². The number of nitrogens with one attached hydrogen (secondary N) is 2. The molecule has 2 aromatic heterocycles. The van der Waals surface area contributed by atoms with Crippen molar-refractivity contribution in [2.75, 3.05) is 10.6 Å². The third kappa shape index (κ3) is 3.68. The van der Waals surface area contributed by atoms with E-state index in [1.54, 1.807) is 28.8 Å². The molecule has 0 unspecified atom stereocenters. The minimum absolute atomic E-state index is 0.225. The molecule has 0 aliphatic carbocycles. The van der Waals surface area contributed by atoms with Crippen molar-refractivity contribution in [2.24, 2.45) is 0 Å². The van der Waals surface area contributed by atoms with Gasteiger partial charge in [0.15, 0.2) is 11.5 Å². The van der Waals surface area contributed by atoms with Crippen molar-refractivity contribution in [1.82, 2.24) is 14.6 Å². The van der Waals surface area contributed by atoms with Crippen LogP contribution in [0.4, 0.5) is 16.0 Å². The summed E-state index contributed by atoms with van der Waals surface area (Å²) >= 11 is 0. The fourth-order valence-electron chi connectivity index (χ4n) is 2.85. The van der Waals surface area contributed by atoms with Crippen LogP contribution in [0.2, 0.25) is 0 Å². The van der Waals surface area contributed by atoms with Crippen LogP contribution in [0.15, 0.2) is 66.7 Å². The highest BCUT2D eigenvalue weighted by Crippen LogP contribution is 2.19. The molecule has 7 heteroatoms. The van der Waals surface area contributed by atoms with Gasteiger partial charge in [-0.05, 0) is 48.9 Å². The summed E-state index contributed by atoms with van der Waals surface area (Å²) in [6.45, 7) is 2.32. The molecule has 2 aromatic carbocycles. The Bertz CT molecular complexity index is 1120. The Hall–Kier alpha value is -3.74. The van der Waals surface area contributed by atoms with E-state index in [1.165, 1.54) is 12.1 Å².